The lowest BCUT2D eigenvalue weighted by molar-refractivity contribution is 0.100. The number of carbonyl (C=O) groups excluding carboxylic acids is 1. The third-order valence-corrected chi connectivity index (χ3v) is 5.51. The van der Waals surface area contributed by atoms with E-state index in [9.17, 15) is 13.2 Å². The first-order chi connectivity index (χ1) is 9.12. The first-order valence-corrected chi connectivity index (χ1v) is 8.19. The number of halogens is 1. The number of rotatable bonds is 3. The smallest absolute Gasteiger partial charge is 0.250 e. The summed E-state index contributed by atoms with van der Waals surface area (Å²) < 4.78 is 23.2. The van der Waals surface area contributed by atoms with Gasteiger partial charge in [0, 0.05) is 11.2 Å². The molecule has 0 saturated carbocycles. The van der Waals surface area contributed by atoms with Gasteiger partial charge in [-0.15, -0.1) is 0 Å². The summed E-state index contributed by atoms with van der Waals surface area (Å²) in [5.74, 6) is -0.584. The van der Waals surface area contributed by atoms with Crippen LogP contribution in [0.3, 0.4) is 0 Å². The molecule has 2 rings (SSSR count). The van der Waals surface area contributed by atoms with E-state index in [2.05, 4.69) is 5.32 Å². The van der Waals surface area contributed by atoms with Crippen molar-refractivity contribution in [2.24, 2.45) is 5.73 Å². The Morgan fingerprint density at radius 1 is 1.45 bits per heavy atom. The van der Waals surface area contributed by atoms with Gasteiger partial charge in [0.1, 0.15) is 0 Å². The molecule has 8 heteroatoms. The number of nitrogen functional groups attached to an aromatic ring is 1. The van der Waals surface area contributed by atoms with Gasteiger partial charge < -0.3 is 16.8 Å². The summed E-state index contributed by atoms with van der Waals surface area (Å²) in [5.41, 5.74) is 11.1. The lowest BCUT2D eigenvalue weighted by Gasteiger charge is -2.27. The number of nitrogens with one attached hydrogen (secondary N) is 1. The summed E-state index contributed by atoms with van der Waals surface area (Å²) in [4.78, 5) is 11.5. The van der Waals surface area contributed by atoms with E-state index in [4.69, 9.17) is 23.1 Å². The third-order valence-electron chi connectivity index (χ3n) is 3.31. The predicted octanol–water partition coefficient (Wildman–Crippen LogP) is 1.01. The highest BCUT2D eigenvalue weighted by Gasteiger charge is 2.39. The Morgan fingerprint density at radius 2 is 2.10 bits per heavy atom. The highest BCUT2D eigenvalue weighted by molar-refractivity contribution is 7.91. The topological polar surface area (TPSA) is 115 Å². The van der Waals surface area contributed by atoms with Crippen molar-refractivity contribution in [2.45, 2.75) is 18.9 Å². The number of amides is 1. The second-order valence-corrected chi connectivity index (χ2v) is 7.91. The largest absolute Gasteiger partial charge is 0.399 e. The van der Waals surface area contributed by atoms with Crippen molar-refractivity contribution < 1.29 is 13.2 Å². The molecule has 0 spiro atoms. The van der Waals surface area contributed by atoms with Crippen LogP contribution in [-0.4, -0.2) is 31.4 Å². The van der Waals surface area contributed by atoms with Crippen molar-refractivity contribution >= 4 is 38.7 Å². The molecule has 1 heterocycles. The number of primary amides is 1. The van der Waals surface area contributed by atoms with Gasteiger partial charge in [-0.1, -0.05) is 11.6 Å². The average Bonchev–Trinajstić information content (AvgIpc) is 2.56. The van der Waals surface area contributed by atoms with Crippen LogP contribution in [0.4, 0.5) is 11.4 Å². The molecule has 0 aliphatic carbocycles. The van der Waals surface area contributed by atoms with Crippen LogP contribution in [0.2, 0.25) is 5.02 Å². The molecule has 0 aromatic heterocycles. The summed E-state index contributed by atoms with van der Waals surface area (Å²) in [6, 6.07) is 2.91. The molecule has 0 radical (unpaired) electrons. The average molecular weight is 318 g/mol. The molecule has 1 aromatic rings. The zero-order chi connectivity index (χ0) is 15.1. The Hall–Kier alpha value is -1.47. The van der Waals surface area contributed by atoms with Crippen molar-refractivity contribution in [3.63, 3.8) is 0 Å². The second kappa shape index (κ2) is 4.82. The van der Waals surface area contributed by atoms with Gasteiger partial charge in [-0.2, -0.15) is 0 Å². The van der Waals surface area contributed by atoms with Gasteiger partial charge in [0.15, 0.2) is 9.84 Å². The van der Waals surface area contributed by atoms with Crippen LogP contribution in [0, 0.1) is 0 Å². The molecule has 1 unspecified atom stereocenters. The molecule has 1 aliphatic rings. The Morgan fingerprint density at radius 3 is 2.60 bits per heavy atom. The van der Waals surface area contributed by atoms with E-state index in [1.165, 1.54) is 12.1 Å². The molecule has 0 bridgehead atoms. The highest BCUT2D eigenvalue weighted by Crippen LogP contribution is 2.34. The summed E-state index contributed by atoms with van der Waals surface area (Å²) in [5, 5.41) is 3.29. The highest BCUT2D eigenvalue weighted by atomic mass is 35.5. The van der Waals surface area contributed by atoms with Gasteiger partial charge in [-0.3, -0.25) is 4.79 Å². The monoisotopic (exact) mass is 317 g/mol. The number of nitrogens with two attached hydrogens (primary N) is 2. The maximum Gasteiger partial charge on any atom is 0.250 e. The fourth-order valence-electron chi connectivity index (χ4n) is 2.36. The molecule has 1 atom stereocenters. The molecule has 5 N–H and O–H groups in total. The summed E-state index contributed by atoms with van der Waals surface area (Å²) >= 11 is 6.09. The Labute approximate surface area is 122 Å². The zero-order valence-electron chi connectivity index (χ0n) is 10.9. The number of carbonyl (C=O) groups is 1. The Balaban J connectivity index is 2.42. The number of benzene rings is 1. The first kappa shape index (κ1) is 14.9. The Kier molecular flexibility index (Phi) is 3.60. The van der Waals surface area contributed by atoms with E-state index in [0.29, 0.717) is 17.8 Å². The van der Waals surface area contributed by atoms with Crippen LogP contribution >= 0.6 is 11.6 Å². The number of anilines is 2. The maximum absolute atomic E-state index is 11.6. The Bertz CT molecular complexity index is 675. The van der Waals surface area contributed by atoms with Gasteiger partial charge in [0.05, 0.1) is 27.8 Å². The molecule has 1 amide bonds. The minimum atomic E-state index is -3.07. The molecule has 1 saturated heterocycles. The molecule has 1 aliphatic heterocycles. The van der Waals surface area contributed by atoms with Gasteiger partial charge in [-0.25, -0.2) is 8.42 Å². The number of hydrogen-bond acceptors (Lipinski definition) is 5. The maximum atomic E-state index is 11.6. The lowest BCUT2D eigenvalue weighted by atomic mass is 10.00. The van der Waals surface area contributed by atoms with Gasteiger partial charge in [0.2, 0.25) is 0 Å². The van der Waals surface area contributed by atoms with Crippen molar-refractivity contribution in [3.05, 3.63) is 22.7 Å². The first-order valence-electron chi connectivity index (χ1n) is 5.99. The lowest BCUT2D eigenvalue weighted by Crippen LogP contribution is -2.37. The van der Waals surface area contributed by atoms with E-state index in [1.54, 1.807) is 6.92 Å². The van der Waals surface area contributed by atoms with E-state index >= 15 is 0 Å². The third kappa shape index (κ3) is 2.99. The SMILES string of the molecule is CC1(Nc2c(Cl)cc(N)cc2C(N)=O)CCS(=O)(=O)C1. The van der Waals surface area contributed by atoms with Crippen LogP contribution in [0.1, 0.15) is 23.7 Å². The van der Waals surface area contributed by atoms with E-state index in [-0.39, 0.29) is 22.1 Å². The standard InChI is InChI=1S/C12H16ClN3O3S/c1-12(2-3-20(18,19)6-12)16-10-8(11(15)17)4-7(14)5-9(10)13/h4-5,16H,2-3,6,14H2,1H3,(H2,15,17). The molecular weight excluding hydrogens is 302 g/mol. The molecule has 20 heavy (non-hydrogen) atoms. The van der Waals surface area contributed by atoms with Crippen molar-refractivity contribution in [2.75, 3.05) is 22.6 Å². The van der Waals surface area contributed by atoms with E-state index < -0.39 is 21.3 Å². The normalized spacial score (nSPS) is 24.5. The molecule has 1 aromatic carbocycles. The van der Waals surface area contributed by atoms with Crippen LogP contribution in [0.25, 0.3) is 0 Å². The van der Waals surface area contributed by atoms with Gasteiger partial charge in [-0.05, 0) is 25.5 Å². The van der Waals surface area contributed by atoms with Crippen LogP contribution in [-0.2, 0) is 9.84 Å². The molecule has 110 valence electrons. The fraction of sp³-hybridized carbons (Fsp3) is 0.417. The quantitative estimate of drug-likeness (QED) is 0.720. The number of sulfone groups is 1. The van der Waals surface area contributed by atoms with Crippen LogP contribution in [0.15, 0.2) is 12.1 Å². The van der Waals surface area contributed by atoms with Gasteiger partial charge in [0.25, 0.3) is 5.91 Å². The summed E-state index contributed by atoms with van der Waals surface area (Å²) in [6.45, 7) is 1.77. The fourth-order valence-corrected chi connectivity index (χ4v) is 4.73. The molecule has 6 nitrogen and oxygen atoms in total. The van der Waals surface area contributed by atoms with Gasteiger partial charge >= 0.3 is 0 Å². The number of hydrogen-bond donors (Lipinski definition) is 3. The second-order valence-electron chi connectivity index (χ2n) is 5.32. The molecule has 1 fully saturated rings. The minimum Gasteiger partial charge on any atom is -0.399 e. The summed E-state index contributed by atoms with van der Waals surface area (Å²) in [6.07, 6.45) is 0.439. The van der Waals surface area contributed by atoms with Crippen molar-refractivity contribution in [1.82, 2.24) is 0 Å². The minimum absolute atomic E-state index is 0.0150. The van der Waals surface area contributed by atoms with Crippen molar-refractivity contribution in [1.29, 1.82) is 0 Å². The zero-order valence-corrected chi connectivity index (χ0v) is 12.5. The summed E-state index contributed by atoms with van der Waals surface area (Å²) in [7, 11) is -3.07. The predicted molar refractivity (Wildman–Crippen MR) is 79.7 cm³/mol. The van der Waals surface area contributed by atoms with E-state index in [1.807, 2.05) is 0 Å². The molecular formula is C12H16ClN3O3S. The van der Waals surface area contributed by atoms with Crippen molar-refractivity contribution in [3.8, 4) is 0 Å². The van der Waals surface area contributed by atoms with E-state index in [0.717, 1.165) is 0 Å². The van der Waals surface area contributed by atoms with Crippen LogP contribution in [0.5, 0.6) is 0 Å². The van der Waals surface area contributed by atoms with Crippen LogP contribution < -0.4 is 16.8 Å².